The number of rotatable bonds is 3. The zero-order valence-corrected chi connectivity index (χ0v) is 12.1. The highest BCUT2D eigenvalue weighted by molar-refractivity contribution is 5.99. The third kappa shape index (κ3) is 2.77. The number of likely N-dealkylation sites (tertiary alicyclic amines) is 1. The van der Waals surface area contributed by atoms with E-state index in [1.54, 1.807) is 11.0 Å². The normalized spacial score (nSPS) is 17.9. The Bertz CT molecular complexity index is 496. The van der Waals surface area contributed by atoms with Gasteiger partial charge in [-0.25, -0.2) is 4.39 Å². The van der Waals surface area contributed by atoms with E-state index in [0.29, 0.717) is 24.1 Å². The van der Waals surface area contributed by atoms with Crippen LogP contribution in [0.25, 0.3) is 0 Å². The molecule has 0 atom stereocenters. The van der Waals surface area contributed by atoms with Gasteiger partial charge in [-0.1, -0.05) is 26.3 Å². The maximum absolute atomic E-state index is 13.6. The second kappa shape index (κ2) is 5.79. The quantitative estimate of drug-likeness (QED) is 0.660. The number of benzene rings is 1. The predicted molar refractivity (Wildman–Crippen MR) is 77.7 cm³/mol. The zero-order chi connectivity index (χ0) is 14.8. The molecule has 1 saturated heterocycles. The number of nitrogens with two attached hydrogens (primary N) is 1. The molecule has 1 amide bonds. The number of para-hydroxylation sites is 1. The fourth-order valence-electron chi connectivity index (χ4n) is 2.62. The van der Waals surface area contributed by atoms with Crippen molar-refractivity contribution < 1.29 is 9.18 Å². The molecule has 1 fully saturated rings. The highest BCUT2D eigenvalue weighted by Crippen LogP contribution is 2.34. The molecule has 0 saturated carbocycles. The van der Waals surface area contributed by atoms with E-state index in [1.165, 1.54) is 12.1 Å². The van der Waals surface area contributed by atoms with Gasteiger partial charge in [-0.3, -0.25) is 10.6 Å². The molecule has 20 heavy (non-hydrogen) atoms. The Morgan fingerprint density at radius 1 is 1.45 bits per heavy atom. The van der Waals surface area contributed by atoms with E-state index in [4.69, 9.17) is 5.84 Å². The molecule has 1 aliphatic heterocycles. The smallest absolute Gasteiger partial charge is 0.256 e. The van der Waals surface area contributed by atoms with Gasteiger partial charge in [-0.2, -0.15) is 0 Å². The lowest BCUT2D eigenvalue weighted by atomic mass is 9.78. The molecular weight excluding hydrogens is 257 g/mol. The molecule has 0 aromatic heterocycles. The summed E-state index contributed by atoms with van der Waals surface area (Å²) in [5, 5.41) is 0. The van der Waals surface area contributed by atoms with Crippen LogP contribution in [0.15, 0.2) is 18.2 Å². The van der Waals surface area contributed by atoms with Crippen molar-refractivity contribution in [3.63, 3.8) is 0 Å². The number of nitrogens with one attached hydrogen (secondary N) is 1. The van der Waals surface area contributed by atoms with Gasteiger partial charge in [0.1, 0.15) is 5.82 Å². The van der Waals surface area contributed by atoms with Crippen molar-refractivity contribution in [3.05, 3.63) is 29.6 Å². The van der Waals surface area contributed by atoms with Crippen molar-refractivity contribution in [3.8, 4) is 0 Å². The van der Waals surface area contributed by atoms with Crippen LogP contribution in [0.4, 0.5) is 10.1 Å². The summed E-state index contributed by atoms with van der Waals surface area (Å²) in [6.45, 7) is 5.86. The summed E-state index contributed by atoms with van der Waals surface area (Å²) in [6, 6.07) is 4.42. The number of hydrazine groups is 1. The molecule has 0 aliphatic carbocycles. The van der Waals surface area contributed by atoms with Gasteiger partial charge >= 0.3 is 0 Å². The van der Waals surface area contributed by atoms with Crippen LogP contribution in [0.5, 0.6) is 0 Å². The number of piperidine rings is 1. The number of amides is 1. The van der Waals surface area contributed by atoms with Crippen LogP contribution in [0.3, 0.4) is 0 Å². The van der Waals surface area contributed by atoms with Gasteiger partial charge in [0.25, 0.3) is 5.91 Å². The summed E-state index contributed by atoms with van der Waals surface area (Å²) in [5.41, 5.74) is 2.97. The van der Waals surface area contributed by atoms with E-state index < -0.39 is 5.82 Å². The highest BCUT2D eigenvalue weighted by atomic mass is 19.1. The van der Waals surface area contributed by atoms with Gasteiger partial charge in [0, 0.05) is 13.1 Å². The van der Waals surface area contributed by atoms with Crippen molar-refractivity contribution in [2.24, 2.45) is 11.3 Å². The van der Waals surface area contributed by atoms with Crippen LogP contribution in [0.1, 0.15) is 43.5 Å². The Morgan fingerprint density at radius 3 is 2.65 bits per heavy atom. The van der Waals surface area contributed by atoms with Crippen LogP contribution in [0.2, 0.25) is 0 Å². The van der Waals surface area contributed by atoms with Gasteiger partial charge in [0.2, 0.25) is 0 Å². The monoisotopic (exact) mass is 279 g/mol. The number of nitrogen functional groups attached to an aromatic ring is 1. The van der Waals surface area contributed by atoms with E-state index in [1.807, 2.05) is 0 Å². The zero-order valence-electron chi connectivity index (χ0n) is 12.1. The number of nitrogens with zero attached hydrogens (tertiary/aromatic N) is 1. The Morgan fingerprint density at radius 2 is 2.10 bits per heavy atom. The van der Waals surface area contributed by atoms with Crippen molar-refractivity contribution in [2.45, 2.75) is 33.1 Å². The molecular formula is C15H22FN3O. The van der Waals surface area contributed by atoms with E-state index in [0.717, 1.165) is 19.3 Å². The first-order valence-corrected chi connectivity index (χ1v) is 7.05. The lowest BCUT2D eigenvalue weighted by Crippen LogP contribution is -2.42. The summed E-state index contributed by atoms with van der Waals surface area (Å²) >= 11 is 0. The van der Waals surface area contributed by atoms with E-state index in [9.17, 15) is 9.18 Å². The lowest BCUT2D eigenvalue weighted by molar-refractivity contribution is 0.0601. The van der Waals surface area contributed by atoms with Gasteiger partial charge in [0.05, 0.1) is 11.3 Å². The molecule has 0 bridgehead atoms. The molecule has 0 unspecified atom stereocenters. The number of halogens is 1. The van der Waals surface area contributed by atoms with Crippen molar-refractivity contribution >= 4 is 11.6 Å². The van der Waals surface area contributed by atoms with Crippen LogP contribution in [0, 0.1) is 11.2 Å². The first kappa shape index (κ1) is 14.8. The molecule has 0 radical (unpaired) electrons. The van der Waals surface area contributed by atoms with Gasteiger partial charge in [0.15, 0.2) is 0 Å². The van der Waals surface area contributed by atoms with Crippen LogP contribution >= 0.6 is 0 Å². The number of hydrogen-bond donors (Lipinski definition) is 2. The van der Waals surface area contributed by atoms with Crippen molar-refractivity contribution in [1.82, 2.24) is 4.90 Å². The third-order valence-electron chi connectivity index (χ3n) is 4.50. The Kier molecular flexibility index (Phi) is 4.28. The number of carbonyl (C=O) groups is 1. The molecule has 4 nitrogen and oxygen atoms in total. The average molecular weight is 279 g/mol. The van der Waals surface area contributed by atoms with Crippen LogP contribution < -0.4 is 11.3 Å². The topological polar surface area (TPSA) is 58.4 Å². The van der Waals surface area contributed by atoms with Gasteiger partial charge < -0.3 is 10.3 Å². The second-order valence-corrected chi connectivity index (χ2v) is 5.76. The molecule has 0 spiro atoms. The first-order chi connectivity index (χ1) is 9.50. The van der Waals surface area contributed by atoms with Gasteiger partial charge in [-0.05, 0) is 30.4 Å². The van der Waals surface area contributed by atoms with E-state index >= 15 is 0 Å². The minimum atomic E-state index is -0.506. The maximum Gasteiger partial charge on any atom is 0.256 e. The fraction of sp³-hybridized carbons (Fsp3) is 0.533. The molecule has 1 aromatic rings. The summed E-state index contributed by atoms with van der Waals surface area (Å²) in [5.74, 6) is 4.66. The minimum absolute atomic E-state index is 0.0707. The fourth-order valence-corrected chi connectivity index (χ4v) is 2.62. The Balaban J connectivity index is 2.16. The highest BCUT2D eigenvalue weighted by Gasteiger charge is 2.31. The molecule has 1 heterocycles. The van der Waals surface area contributed by atoms with Gasteiger partial charge in [-0.15, -0.1) is 0 Å². The molecule has 5 heteroatoms. The number of hydrogen-bond acceptors (Lipinski definition) is 3. The third-order valence-corrected chi connectivity index (χ3v) is 4.50. The van der Waals surface area contributed by atoms with Crippen LogP contribution in [-0.2, 0) is 0 Å². The molecule has 1 aliphatic rings. The summed E-state index contributed by atoms with van der Waals surface area (Å²) in [6.07, 6.45) is 3.08. The van der Waals surface area contributed by atoms with E-state index in [2.05, 4.69) is 19.3 Å². The number of anilines is 1. The second-order valence-electron chi connectivity index (χ2n) is 5.76. The SMILES string of the molecule is CCC1(C)CCN(C(=O)c2cccc(F)c2NN)CC1. The first-order valence-electron chi connectivity index (χ1n) is 7.05. The molecule has 2 rings (SSSR count). The average Bonchev–Trinajstić information content (AvgIpc) is 2.47. The Labute approximate surface area is 119 Å². The lowest BCUT2D eigenvalue weighted by Gasteiger charge is -2.39. The molecule has 110 valence electrons. The Hall–Kier alpha value is -1.62. The van der Waals surface area contributed by atoms with Crippen LogP contribution in [-0.4, -0.2) is 23.9 Å². The standard InChI is InChI=1S/C15H22FN3O/c1-3-15(2)7-9-19(10-8-15)14(20)11-5-4-6-12(16)13(11)18-17/h4-6,18H,3,7-10,17H2,1-2H3. The summed E-state index contributed by atoms with van der Waals surface area (Å²) < 4.78 is 13.6. The predicted octanol–water partition coefficient (Wildman–Crippen LogP) is 2.76. The summed E-state index contributed by atoms with van der Waals surface area (Å²) in [4.78, 5) is 14.3. The minimum Gasteiger partial charge on any atom is -0.339 e. The van der Waals surface area contributed by atoms with Crippen molar-refractivity contribution in [1.29, 1.82) is 0 Å². The van der Waals surface area contributed by atoms with E-state index in [-0.39, 0.29) is 11.6 Å². The molecule has 1 aromatic carbocycles. The maximum atomic E-state index is 13.6. The number of carbonyl (C=O) groups excluding carboxylic acids is 1. The van der Waals surface area contributed by atoms with Crippen molar-refractivity contribution in [2.75, 3.05) is 18.5 Å². The molecule has 3 N–H and O–H groups in total. The summed E-state index contributed by atoms with van der Waals surface area (Å²) in [7, 11) is 0. The largest absolute Gasteiger partial charge is 0.339 e.